The zero-order valence-electron chi connectivity index (χ0n) is 13.7. The third-order valence-electron chi connectivity index (χ3n) is 4.69. The topological polar surface area (TPSA) is 102 Å². The monoisotopic (exact) mass is 349 g/mol. The summed E-state index contributed by atoms with van der Waals surface area (Å²) in [6, 6.07) is 3.67. The summed E-state index contributed by atoms with van der Waals surface area (Å²) in [4.78, 5) is 37.0. The number of amides is 3. The molecular weight excluding hydrogens is 329 g/mol. The smallest absolute Gasteiger partial charge is 0.254 e. The Kier molecular flexibility index (Phi) is 4.98. The Morgan fingerprint density at radius 2 is 2.12 bits per heavy atom. The minimum atomic E-state index is -0.720. The number of morpholine rings is 1. The number of nitrogens with two attached hydrogens (primary N) is 1. The summed E-state index contributed by atoms with van der Waals surface area (Å²) in [6.45, 7) is 0.679. The number of carbonyl (C=O) groups is 3. The summed E-state index contributed by atoms with van der Waals surface area (Å²) in [5.74, 6) is -2.43. The van der Waals surface area contributed by atoms with Crippen molar-refractivity contribution in [1.29, 1.82) is 0 Å². The SMILES string of the molecule is NC(=O)C1CCCC1NC(=O)c1ccc(N2CCOCC2=O)cc1F. The van der Waals surface area contributed by atoms with E-state index < -0.39 is 23.5 Å². The summed E-state index contributed by atoms with van der Waals surface area (Å²) in [5.41, 5.74) is 5.60. The first-order valence-electron chi connectivity index (χ1n) is 8.25. The number of hydrogen-bond acceptors (Lipinski definition) is 4. The molecule has 3 rings (SSSR count). The fourth-order valence-electron chi connectivity index (χ4n) is 3.37. The van der Waals surface area contributed by atoms with Gasteiger partial charge in [-0.05, 0) is 31.0 Å². The molecule has 25 heavy (non-hydrogen) atoms. The Hall–Kier alpha value is -2.48. The van der Waals surface area contributed by atoms with Gasteiger partial charge in [-0.25, -0.2) is 4.39 Å². The van der Waals surface area contributed by atoms with Crippen LogP contribution in [-0.4, -0.2) is 43.5 Å². The number of hydrogen-bond donors (Lipinski definition) is 2. The van der Waals surface area contributed by atoms with E-state index in [0.717, 1.165) is 6.42 Å². The number of halogens is 1. The van der Waals surface area contributed by atoms with Crippen molar-refractivity contribution in [2.75, 3.05) is 24.7 Å². The van der Waals surface area contributed by atoms with Crippen LogP contribution in [0.15, 0.2) is 18.2 Å². The van der Waals surface area contributed by atoms with E-state index in [1.54, 1.807) is 0 Å². The number of benzene rings is 1. The van der Waals surface area contributed by atoms with Gasteiger partial charge in [0.15, 0.2) is 0 Å². The van der Waals surface area contributed by atoms with E-state index in [2.05, 4.69) is 5.32 Å². The maximum Gasteiger partial charge on any atom is 0.254 e. The van der Waals surface area contributed by atoms with E-state index in [-0.39, 0.29) is 24.1 Å². The van der Waals surface area contributed by atoms with Crippen molar-refractivity contribution in [3.63, 3.8) is 0 Å². The molecule has 3 N–H and O–H groups in total. The van der Waals surface area contributed by atoms with Crippen LogP contribution in [0.25, 0.3) is 0 Å². The van der Waals surface area contributed by atoms with Crippen LogP contribution in [0, 0.1) is 11.7 Å². The highest BCUT2D eigenvalue weighted by atomic mass is 19.1. The van der Waals surface area contributed by atoms with E-state index in [1.807, 2.05) is 0 Å². The molecule has 1 saturated heterocycles. The molecule has 2 aliphatic rings. The van der Waals surface area contributed by atoms with Crippen LogP contribution in [0.5, 0.6) is 0 Å². The van der Waals surface area contributed by atoms with Crippen LogP contribution >= 0.6 is 0 Å². The van der Waals surface area contributed by atoms with Gasteiger partial charge in [0.25, 0.3) is 11.8 Å². The molecule has 1 aliphatic carbocycles. The summed E-state index contributed by atoms with van der Waals surface area (Å²) in [7, 11) is 0. The van der Waals surface area contributed by atoms with Crippen LogP contribution in [0.2, 0.25) is 0 Å². The number of rotatable bonds is 4. The average Bonchev–Trinajstić information content (AvgIpc) is 3.03. The van der Waals surface area contributed by atoms with Crippen molar-refractivity contribution >= 4 is 23.4 Å². The van der Waals surface area contributed by atoms with Crippen LogP contribution < -0.4 is 16.0 Å². The number of carbonyl (C=O) groups excluding carboxylic acids is 3. The first kappa shape index (κ1) is 17.3. The zero-order chi connectivity index (χ0) is 18.0. The fraction of sp³-hybridized carbons (Fsp3) is 0.471. The van der Waals surface area contributed by atoms with Crippen molar-refractivity contribution < 1.29 is 23.5 Å². The standard InChI is InChI=1S/C17H20FN3O4/c18-13-8-10(21-6-7-25-9-15(21)22)4-5-11(13)17(24)20-14-3-1-2-12(14)16(19)23/h4-5,8,12,14H,1-3,6-7,9H2,(H2,19,23)(H,20,24). The highest BCUT2D eigenvalue weighted by Crippen LogP contribution is 2.26. The Labute approximate surface area is 144 Å². The molecule has 1 aromatic carbocycles. The predicted octanol–water partition coefficient (Wildman–Crippen LogP) is 0.573. The van der Waals surface area contributed by atoms with Gasteiger partial charge in [-0.15, -0.1) is 0 Å². The maximum absolute atomic E-state index is 14.4. The largest absolute Gasteiger partial charge is 0.370 e. The molecule has 134 valence electrons. The number of nitrogens with one attached hydrogen (secondary N) is 1. The van der Waals surface area contributed by atoms with Crippen LogP contribution in [-0.2, 0) is 14.3 Å². The lowest BCUT2D eigenvalue weighted by Gasteiger charge is -2.27. The highest BCUT2D eigenvalue weighted by Gasteiger charge is 2.33. The number of nitrogens with zero attached hydrogens (tertiary/aromatic N) is 1. The lowest BCUT2D eigenvalue weighted by molar-refractivity contribution is -0.125. The van der Waals surface area contributed by atoms with E-state index >= 15 is 0 Å². The molecule has 0 spiro atoms. The molecule has 0 bridgehead atoms. The Morgan fingerprint density at radius 3 is 2.80 bits per heavy atom. The van der Waals surface area contributed by atoms with Crippen molar-refractivity contribution in [3.8, 4) is 0 Å². The molecule has 1 aromatic rings. The molecule has 0 aromatic heterocycles. The lowest BCUT2D eigenvalue weighted by atomic mass is 10.0. The van der Waals surface area contributed by atoms with Crippen LogP contribution in [0.1, 0.15) is 29.6 Å². The molecule has 2 unspecified atom stereocenters. The van der Waals surface area contributed by atoms with Gasteiger partial charge in [-0.2, -0.15) is 0 Å². The van der Waals surface area contributed by atoms with Gasteiger partial charge in [-0.1, -0.05) is 6.42 Å². The average molecular weight is 349 g/mol. The second kappa shape index (κ2) is 7.18. The third kappa shape index (κ3) is 3.63. The minimum Gasteiger partial charge on any atom is -0.370 e. The van der Waals surface area contributed by atoms with Gasteiger partial charge in [-0.3, -0.25) is 14.4 Å². The van der Waals surface area contributed by atoms with Crippen molar-refractivity contribution in [3.05, 3.63) is 29.6 Å². The predicted molar refractivity (Wildman–Crippen MR) is 87.4 cm³/mol. The molecule has 1 aliphatic heterocycles. The summed E-state index contributed by atoms with van der Waals surface area (Å²) in [6.07, 6.45) is 2.06. The quantitative estimate of drug-likeness (QED) is 0.830. The maximum atomic E-state index is 14.4. The number of anilines is 1. The molecule has 1 heterocycles. The molecule has 2 fully saturated rings. The van der Waals surface area contributed by atoms with Crippen molar-refractivity contribution in [2.24, 2.45) is 11.7 Å². The van der Waals surface area contributed by atoms with Gasteiger partial charge in [0.05, 0.1) is 18.1 Å². The first-order valence-corrected chi connectivity index (χ1v) is 8.25. The molecule has 7 nitrogen and oxygen atoms in total. The molecule has 3 amide bonds. The fourth-order valence-corrected chi connectivity index (χ4v) is 3.37. The molecule has 8 heteroatoms. The van der Waals surface area contributed by atoms with Gasteiger partial charge in [0.2, 0.25) is 5.91 Å². The highest BCUT2D eigenvalue weighted by molar-refractivity contribution is 5.98. The normalized spacial score (nSPS) is 23.6. The van der Waals surface area contributed by atoms with E-state index in [4.69, 9.17) is 10.5 Å². The second-order valence-electron chi connectivity index (χ2n) is 6.28. The molecule has 1 saturated carbocycles. The van der Waals surface area contributed by atoms with E-state index in [1.165, 1.54) is 23.1 Å². The van der Waals surface area contributed by atoms with E-state index in [0.29, 0.717) is 31.7 Å². The number of ether oxygens (including phenoxy) is 1. The summed E-state index contributed by atoms with van der Waals surface area (Å²) in [5, 5.41) is 2.69. The van der Waals surface area contributed by atoms with Gasteiger partial charge in [0.1, 0.15) is 12.4 Å². The van der Waals surface area contributed by atoms with Crippen LogP contribution in [0.3, 0.4) is 0 Å². The Bertz CT molecular complexity index is 709. The molecule has 0 radical (unpaired) electrons. The lowest BCUT2D eigenvalue weighted by Crippen LogP contribution is -2.43. The van der Waals surface area contributed by atoms with Crippen molar-refractivity contribution in [2.45, 2.75) is 25.3 Å². The van der Waals surface area contributed by atoms with Gasteiger partial charge < -0.3 is 20.7 Å². The third-order valence-corrected chi connectivity index (χ3v) is 4.69. The van der Waals surface area contributed by atoms with Crippen LogP contribution in [0.4, 0.5) is 10.1 Å². The second-order valence-corrected chi connectivity index (χ2v) is 6.28. The molecular formula is C17H20FN3O4. The number of primary amides is 1. The van der Waals surface area contributed by atoms with Gasteiger partial charge >= 0.3 is 0 Å². The van der Waals surface area contributed by atoms with Crippen molar-refractivity contribution in [1.82, 2.24) is 5.32 Å². The van der Waals surface area contributed by atoms with Gasteiger partial charge in [0, 0.05) is 18.3 Å². The Morgan fingerprint density at radius 1 is 1.32 bits per heavy atom. The van der Waals surface area contributed by atoms with E-state index in [9.17, 15) is 18.8 Å². The molecule has 2 atom stereocenters. The summed E-state index contributed by atoms with van der Waals surface area (Å²) >= 11 is 0. The zero-order valence-corrected chi connectivity index (χ0v) is 13.7. The Balaban J connectivity index is 1.73. The minimum absolute atomic E-state index is 0.0416. The summed E-state index contributed by atoms with van der Waals surface area (Å²) < 4.78 is 19.4. The first-order chi connectivity index (χ1) is 12.0.